The van der Waals surface area contributed by atoms with E-state index in [4.69, 9.17) is 9.84 Å². The molecule has 2 N–H and O–H groups in total. The number of benzene rings is 2. The van der Waals surface area contributed by atoms with Crippen LogP contribution in [0.15, 0.2) is 42.5 Å². The van der Waals surface area contributed by atoms with Gasteiger partial charge in [0, 0.05) is 11.3 Å². The van der Waals surface area contributed by atoms with Crippen molar-refractivity contribution in [3.05, 3.63) is 64.7 Å². The molecule has 114 valence electrons. The zero-order chi connectivity index (χ0) is 16.1. The van der Waals surface area contributed by atoms with Crippen LogP contribution in [0.4, 0.5) is 0 Å². The second-order valence-corrected chi connectivity index (χ2v) is 4.86. The molecule has 2 aromatic rings. The summed E-state index contributed by atoms with van der Waals surface area (Å²) in [4.78, 5) is 22.4. The Balaban J connectivity index is 2.25. The van der Waals surface area contributed by atoms with Gasteiger partial charge >= 0.3 is 11.9 Å². The maximum atomic E-state index is 11.3. The molecule has 0 aromatic heterocycles. The van der Waals surface area contributed by atoms with Gasteiger partial charge in [-0.2, -0.15) is 12.6 Å². The van der Waals surface area contributed by atoms with Crippen LogP contribution in [-0.4, -0.2) is 22.2 Å². The molecule has 0 fully saturated rings. The number of thiol groups is 1. The monoisotopic (exact) mass is 318 g/mol. The third-order valence-corrected chi connectivity index (χ3v) is 3.45. The Morgan fingerprint density at radius 3 is 2.32 bits per heavy atom. The molecule has 0 radical (unpaired) electrons. The summed E-state index contributed by atoms with van der Waals surface area (Å²) in [6.07, 6.45) is 0. The second-order valence-electron chi connectivity index (χ2n) is 4.54. The van der Waals surface area contributed by atoms with Crippen molar-refractivity contribution < 1.29 is 24.5 Å². The molecular weight excluding hydrogens is 304 g/mol. The van der Waals surface area contributed by atoms with E-state index in [2.05, 4.69) is 12.6 Å². The van der Waals surface area contributed by atoms with Crippen LogP contribution in [0, 0.1) is 0 Å². The molecule has 0 amide bonds. The van der Waals surface area contributed by atoms with Crippen LogP contribution in [0.2, 0.25) is 0 Å². The molecule has 0 atom stereocenters. The Bertz CT molecular complexity index is 711. The number of carboxylic acids is 2. The van der Waals surface area contributed by atoms with Gasteiger partial charge in [0.2, 0.25) is 0 Å². The first-order chi connectivity index (χ1) is 10.5. The molecule has 2 rings (SSSR count). The van der Waals surface area contributed by atoms with Gasteiger partial charge in [0.15, 0.2) is 0 Å². The highest BCUT2D eigenvalue weighted by molar-refractivity contribution is 7.79. The molecule has 0 spiro atoms. The predicted octanol–water partition coefficient (Wildman–Crippen LogP) is 3.09. The first-order valence-corrected chi connectivity index (χ1v) is 7.07. The average Bonchev–Trinajstić information content (AvgIpc) is 2.52. The SMILES string of the molecule is O=C(O)c1ccccc1COc1ccc(CS)cc1C(=O)O. The van der Waals surface area contributed by atoms with Crippen LogP contribution in [0.25, 0.3) is 0 Å². The molecule has 0 saturated heterocycles. The van der Waals surface area contributed by atoms with Gasteiger partial charge in [0.1, 0.15) is 17.9 Å². The Morgan fingerprint density at radius 2 is 1.68 bits per heavy atom. The lowest BCUT2D eigenvalue weighted by Crippen LogP contribution is -2.08. The highest BCUT2D eigenvalue weighted by atomic mass is 32.1. The van der Waals surface area contributed by atoms with Gasteiger partial charge in [-0.1, -0.05) is 24.3 Å². The average molecular weight is 318 g/mol. The molecule has 0 bridgehead atoms. The largest absolute Gasteiger partial charge is 0.488 e. The van der Waals surface area contributed by atoms with Crippen LogP contribution in [-0.2, 0) is 12.4 Å². The molecule has 22 heavy (non-hydrogen) atoms. The van der Waals surface area contributed by atoms with Crippen LogP contribution in [0.1, 0.15) is 31.8 Å². The van der Waals surface area contributed by atoms with E-state index in [-0.39, 0.29) is 23.5 Å². The fourth-order valence-electron chi connectivity index (χ4n) is 1.98. The van der Waals surface area contributed by atoms with E-state index in [0.29, 0.717) is 11.3 Å². The molecule has 0 unspecified atom stereocenters. The van der Waals surface area contributed by atoms with Crippen molar-refractivity contribution in [3.63, 3.8) is 0 Å². The van der Waals surface area contributed by atoms with Crippen molar-refractivity contribution >= 4 is 24.6 Å². The first-order valence-electron chi connectivity index (χ1n) is 6.44. The molecule has 5 nitrogen and oxygen atoms in total. The Morgan fingerprint density at radius 1 is 1.00 bits per heavy atom. The van der Waals surface area contributed by atoms with Gasteiger partial charge in [-0.3, -0.25) is 0 Å². The summed E-state index contributed by atoms with van der Waals surface area (Å²) in [6.45, 7) is -0.0248. The lowest BCUT2D eigenvalue weighted by molar-refractivity contribution is 0.0678. The third-order valence-electron chi connectivity index (χ3n) is 3.09. The third kappa shape index (κ3) is 3.59. The first kappa shape index (κ1) is 15.9. The van der Waals surface area contributed by atoms with Gasteiger partial charge in [-0.15, -0.1) is 0 Å². The van der Waals surface area contributed by atoms with Crippen LogP contribution in [0.3, 0.4) is 0 Å². The van der Waals surface area contributed by atoms with Crippen molar-refractivity contribution in [2.24, 2.45) is 0 Å². The van der Waals surface area contributed by atoms with Gasteiger partial charge in [-0.05, 0) is 23.8 Å². The summed E-state index contributed by atoms with van der Waals surface area (Å²) in [7, 11) is 0. The Hall–Kier alpha value is -2.47. The second kappa shape index (κ2) is 7.00. The highest BCUT2D eigenvalue weighted by Crippen LogP contribution is 2.23. The van der Waals surface area contributed by atoms with Crippen molar-refractivity contribution in [3.8, 4) is 5.75 Å². The standard InChI is InChI=1S/C16H14O5S/c17-15(18)12-4-2-1-3-11(12)8-21-14-6-5-10(9-22)7-13(14)16(19)20/h1-7,22H,8-9H2,(H,17,18)(H,19,20). The van der Waals surface area contributed by atoms with E-state index in [9.17, 15) is 14.7 Å². The van der Waals surface area contributed by atoms with E-state index in [1.54, 1.807) is 30.3 Å². The van der Waals surface area contributed by atoms with E-state index in [1.165, 1.54) is 12.1 Å². The summed E-state index contributed by atoms with van der Waals surface area (Å²) >= 11 is 4.11. The normalized spacial score (nSPS) is 10.2. The summed E-state index contributed by atoms with van der Waals surface area (Å²) in [5, 5.41) is 18.3. The number of carbonyl (C=O) groups is 2. The van der Waals surface area contributed by atoms with Crippen LogP contribution < -0.4 is 4.74 Å². The van der Waals surface area contributed by atoms with Crippen molar-refractivity contribution in [1.82, 2.24) is 0 Å². The molecular formula is C16H14O5S. The maximum absolute atomic E-state index is 11.3. The lowest BCUT2D eigenvalue weighted by Gasteiger charge is -2.11. The quantitative estimate of drug-likeness (QED) is 0.713. The summed E-state index contributed by atoms with van der Waals surface area (Å²) < 4.78 is 5.51. The van der Waals surface area contributed by atoms with Crippen molar-refractivity contribution in [2.75, 3.05) is 0 Å². The van der Waals surface area contributed by atoms with Gasteiger partial charge in [0.25, 0.3) is 0 Å². The van der Waals surface area contributed by atoms with Crippen molar-refractivity contribution in [1.29, 1.82) is 0 Å². The van der Waals surface area contributed by atoms with E-state index >= 15 is 0 Å². The predicted molar refractivity (Wildman–Crippen MR) is 83.8 cm³/mol. The number of carboxylic acid groups (broad SMARTS) is 2. The van der Waals surface area contributed by atoms with Gasteiger partial charge in [0.05, 0.1) is 5.56 Å². The number of hydrogen-bond acceptors (Lipinski definition) is 4. The Labute approximate surface area is 132 Å². The fraction of sp³-hybridized carbons (Fsp3) is 0.125. The molecule has 0 aliphatic carbocycles. The zero-order valence-corrected chi connectivity index (χ0v) is 12.4. The Kier molecular flexibility index (Phi) is 5.06. The van der Waals surface area contributed by atoms with Crippen LogP contribution in [0.5, 0.6) is 5.75 Å². The minimum Gasteiger partial charge on any atom is -0.488 e. The highest BCUT2D eigenvalue weighted by Gasteiger charge is 2.14. The smallest absolute Gasteiger partial charge is 0.339 e. The minimum absolute atomic E-state index is 0.0248. The molecule has 6 heteroatoms. The number of ether oxygens (including phenoxy) is 1. The van der Waals surface area contributed by atoms with E-state index < -0.39 is 11.9 Å². The topological polar surface area (TPSA) is 83.8 Å². The lowest BCUT2D eigenvalue weighted by atomic mass is 10.1. The summed E-state index contributed by atoms with van der Waals surface area (Å²) in [6, 6.07) is 11.2. The van der Waals surface area contributed by atoms with Gasteiger partial charge < -0.3 is 14.9 Å². The fourth-order valence-corrected chi connectivity index (χ4v) is 2.18. The minimum atomic E-state index is -1.11. The van der Waals surface area contributed by atoms with Gasteiger partial charge in [-0.25, -0.2) is 9.59 Å². The summed E-state index contributed by atoms with van der Waals surface area (Å²) in [5.41, 5.74) is 1.40. The van der Waals surface area contributed by atoms with E-state index in [0.717, 1.165) is 5.56 Å². The maximum Gasteiger partial charge on any atom is 0.339 e. The zero-order valence-electron chi connectivity index (χ0n) is 11.5. The number of rotatable bonds is 6. The molecule has 0 heterocycles. The molecule has 0 saturated carbocycles. The number of aromatic carboxylic acids is 2. The molecule has 0 aliphatic rings. The number of hydrogen-bond donors (Lipinski definition) is 3. The van der Waals surface area contributed by atoms with Crippen LogP contribution >= 0.6 is 12.6 Å². The molecule has 0 aliphatic heterocycles. The molecule has 2 aromatic carbocycles. The summed E-state index contributed by atoms with van der Waals surface area (Å²) in [5.74, 6) is -1.55. The van der Waals surface area contributed by atoms with Crippen molar-refractivity contribution in [2.45, 2.75) is 12.4 Å². The van der Waals surface area contributed by atoms with E-state index in [1.807, 2.05) is 0 Å².